The molecule has 1 amide bonds. The standard InChI is InChI=1S/C16H11Cl4NO3/c1-8(15(22)21-13-4-2-3-12(19)14(13)20)24-16(23)9-5-10(17)7-11(18)6-9/h2-8H,1H3,(H,21,22)/t8-/m1/s1. The minimum absolute atomic E-state index is 0.146. The van der Waals surface area contributed by atoms with Gasteiger partial charge in [-0.25, -0.2) is 4.79 Å². The summed E-state index contributed by atoms with van der Waals surface area (Å²) in [5.41, 5.74) is 0.468. The minimum atomic E-state index is -1.06. The maximum absolute atomic E-state index is 12.1. The molecule has 24 heavy (non-hydrogen) atoms. The van der Waals surface area contributed by atoms with Gasteiger partial charge in [0.05, 0.1) is 21.3 Å². The Morgan fingerprint density at radius 3 is 2.29 bits per heavy atom. The number of carbonyl (C=O) groups excluding carboxylic acids is 2. The molecule has 0 aliphatic carbocycles. The summed E-state index contributed by atoms with van der Waals surface area (Å²) in [5, 5.41) is 3.62. The fourth-order valence-corrected chi connectivity index (χ4v) is 2.66. The monoisotopic (exact) mass is 405 g/mol. The van der Waals surface area contributed by atoms with Crippen molar-refractivity contribution < 1.29 is 14.3 Å². The molecule has 0 saturated heterocycles. The number of anilines is 1. The second-order valence-corrected chi connectivity index (χ2v) is 6.45. The molecule has 0 aliphatic heterocycles. The van der Waals surface area contributed by atoms with E-state index in [0.29, 0.717) is 10.7 Å². The Kier molecular flexibility index (Phi) is 6.35. The summed E-state index contributed by atoms with van der Waals surface area (Å²) in [6, 6.07) is 9.08. The Balaban J connectivity index is 2.05. The van der Waals surface area contributed by atoms with Crippen molar-refractivity contribution >= 4 is 64.0 Å². The number of halogens is 4. The van der Waals surface area contributed by atoms with Crippen LogP contribution in [0.2, 0.25) is 20.1 Å². The fourth-order valence-electron chi connectivity index (χ4n) is 1.79. The van der Waals surface area contributed by atoms with Crippen molar-refractivity contribution in [3.63, 3.8) is 0 Å². The van der Waals surface area contributed by atoms with Crippen molar-refractivity contribution in [2.45, 2.75) is 13.0 Å². The van der Waals surface area contributed by atoms with Crippen molar-refractivity contribution in [2.75, 3.05) is 5.32 Å². The normalized spacial score (nSPS) is 11.7. The van der Waals surface area contributed by atoms with E-state index in [2.05, 4.69) is 5.32 Å². The molecule has 0 fully saturated rings. The molecule has 2 rings (SSSR count). The molecule has 2 aromatic rings. The second-order valence-electron chi connectivity index (χ2n) is 4.80. The maximum atomic E-state index is 12.1. The molecular weight excluding hydrogens is 396 g/mol. The first-order valence-electron chi connectivity index (χ1n) is 6.70. The zero-order valence-corrected chi connectivity index (χ0v) is 15.3. The summed E-state index contributed by atoms with van der Waals surface area (Å²) in [7, 11) is 0. The smallest absolute Gasteiger partial charge is 0.339 e. The first kappa shape index (κ1) is 18.9. The molecule has 1 atom stereocenters. The van der Waals surface area contributed by atoms with Crippen molar-refractivity contribution in [3.05, 3.63) is 62.1 Å². The van der Waals surface area contributed by atoms with Crippen LogP contribution in [0.25, 0.3) is 0 Å². The lowest BCUT2D eigenvalue weighted by Crippen LogP contribution is -2.30. The minimum Gasteiger partial charge on any atom is -0.449 e. The van der Waals surface area contributed by atoms with Gasteiger partial charge in [0, 0.05) is 10.0 Å². The lowest BCUT2D eigenvalue weighted by Gasteiger charge is -2.14. The van der Waals surface area contributed by atoms with Gasteiger partial charge in [0.1, 0.15) is 0 Å². The molecule has 126 valence electrons. The van der Waals surface area contributed by atoms with E-state index in [1.807, 2.05) is 0 Å². The second kappa shape index (κ2) is 8.08. The first-order chi connectivity index (χ1) is 11.3. The molecule has 0 spiro atoms. The van der Waals surface area contributed by atoms with Crippen LogP contribution < -0.4 is 5.32 Å². The predicted octanol–water partition coefficient (Wildman–Crippen LogP) is 5.48. The van der Waals surface area contributed by atoms with Crippen LogP contribution in [0.5, 0.6) is 0 Å². The number of carbonyl (C=O) groups is 2. The van der Waals surface area contributed by atoms with Crippen LogP contribution in [0.15, 0.2) is 36.4 Å². The van der Waals surface area contributed by atoms with Gasteiger partial charge in [0.2, 0.25) is 0 Å². The van der Waals surface area contributed by atoms with Gasteiger partial charge >= 0.3 is 5.97 Å². The van der Waals surface area contributed by atoms with E-state index in [1.54, 1.807) is 18.2 Å². The molecule has 8 heteroatoms. The van der Waals surface area contributed by atoms with Gasteiger partial charge in [-0.2, -0.15) is 0 Å². The van der Waals surface area contributed by atoms with Crippen LogP contribution in [-0.4, -0.2) is 18.0 Å². The average Bonchev–Trinajstić information content (AvgIpc) is 2.50. The van der Waals surface area contributed by atoms with Crippen molar-refractivity contribution in [1.82, 2.24) is 0 Å². The highest BCUT2D eigenvalue weighted by Gasteiger charge is 2.20. The quantitative estimate of drug-likeness (QED) is 0.683. The number of ether oxygens (including phenoxy) is 1. The number of esters is 1. The maximum Gasteiger partial charge on any atom is 0.339 e. The van der Waals surface area contributed by atoms with Crippen LogP contribution >= 0.6 is 46.4 Å². The van der Waals surface area contributed by atoms with Gasteiger partial charge in [-0.1, -0.05) is 52.5 Å². The summed E-state index contributed by atoms with van der Waals surface area (Å²) in [5.74, 6) is -1.28. The molecule has 0 radical (unpaired) electrons. The molecule has 0 aromatic heterocycles. The van der Waals surface area contributed by atoms with Crippen LogP contribution in [0, 0.1) is 0 Å². The van der Waals surface area contributed by atoms with Gasteiger partial charge in [-0.15, -0.1) is 0 Å². The topological polar surface area (TPSA) is 55.4 Å². The van der Waals surface area contributed by atoms with E-state index in [0.717, 1.165) is 0 Å². The molecule has 0 heterocycles. The van der Waals surface area contributed by atoms with Crippen LogP contribution in [-0.2, 0) is 9.53 Å². The van der Waals surface area contributed by atoms with E-state index in [1.165, 1.54) is 25.1 Å². The van der Waals surface area contributed by atoms with Crippen molar-refractivity contribution in [1.29, 1.82) is 0 Å². The molecule has 1 N–H and O–H groups in total. The Morgan fingerprint density at radius 2 is 1.67 bits per heavy atom. The number of nitrogens with one attached hydrogen (secondary N) is 1. The Labute approximate surface area is 158 Å². The molecule has 0 aliphatic rings. The van der Waals surface area contributed by atoms with E-state index >= 15 is 0 Å². The third-order valence-electron chi connectivity index (χ3n) is 2.96. The van der Waals surface area contributed by atoms with Crippen LogP contribution in [0.4, 0.5) is 5.69 Å². The lowest BCUT2D eigenvalue weighted by molar-refractivity contribution is -0.123. The zero-order valence-electron chi connectivity index (χ0n) is 12.3. The highest BCUT2D eigenvalue weighted by Crippen LogP contribution is 2.29. The number of hydrogen-bond acceptors (Lipinski definition) is 3. The van der Waals surface area contributed by atoms with E-state index < -0.39 is 18.0 Å². The zero-order chi connectivity index (χ0) is 17.9. The lowest BCUT2D eigenvalue weighted by atomic mass is 10.2. The summed E-state index contributed by atoms with van der Waals surface area (Å²) in [6.07, 6.45) is -1.06. The molecular formula is C16H11Cl4NO3. The highest BCUT2D eigenvalue weighted by atomic mass is 35.5. The van der Waals surface area contributed by atoms with E-state index in [4.69, 9.17) is 51.1 Å². The molecule has 0 saturated carbocycles. The van der Waals surface area contributed by atoms with Gasteiger partial charge in [0.15, 0.2) is 6.10 Å². The van der Waals surface area contributed by atoms with Crippen LogP contribution in [0.1, 0.15) is 17.3 Å². The first-order valence-corrected chi connectivity index (χ1v) is 8.21. The largest absolute Gasteiger partial charge is 0.449 e. The number of rotatable bonds is 4. The highest BCUT2D eigenvalue weighted by molar-refractivity contribution is 6.44. The number of benzene rings is 2. The third-order valence-corrected chi connectivity index (χ3v) is 4.22. The summed E-state index contributed by atoms with van der Waals surface area (Å²) in [4.78, 5) is 24.2. The van der Waals surface area contributed by atoms with E-state index in [9.17, 15) is 9.59 Å². The van der Waals surface area contributed by atoms with Gasteiger partial charge < -0.3 is 10.1 Å². The van der Waals surface area contributed by atoms with Gasteiger partial charge in [-0.3, -0.25) is 4.79 Å². The van der Waals surface area contributed by atoms with Gasteiger partial charge in [0.25, 0.3) is 5.91 Å². The fraction of sp³-hybridized carbons (Fsp3) is 0.125. The Morgan fingerprint density at radius 1 is 1.04 bits per heavy atom. The predicted molar refractivity (Wildman–Crippen MR) is 96.4 cm³/mol. The SMILES string of the molecule is C[C@@H](OC(=O)c1cc(Cl)cc(Cl)c1)C(=O)Nc1cccc(Cl)c1Cl. The molecule has 4 nitrogen and oxygen atoms in total. The molecule has 2 aromatic carbocycles. The average molecular weight is 407 g/mol. The molecule has 0 unspecified atom stereocenters. The number of hydrogen-bond donors (Lipinski definition) is 1. The number of amides is 1. The molecule has 0 bridgehead atoms. The third kappa shape index (κ3) is 4.77. The Bertz CT molecular complexity index is 775. The van der Waals surface area contributed by atoms with Crippen LogP contribution in [0.3, 0.4) is 0 Å². The van der Waals surface area contributed by atoms with Crippen molar-refractivity contribution in [2.24, 2.45) is 0 Å². The summed E-state index contributed by atoms with van der Waals surface area (Å²) >= 11 is 23.5. The summed E-state index contributed by atoms with van der Waals surface area (Å²) < 4.78 is 5.11. The Hall–Kier alpha value is -1.46. The summed E-state index contributed by atoms with van der Waals surface area (Å²) in [6.45, 7) is 1.43. The van der Waals surface area contributed by atoms with E-state index in [-0.39, 0.29) is 20.6 Å². The van der Waals surface area contributed by atoms with Crippen molar-refractivity contribution in [3.8, 4) is 0 Å². The van der Waals surface area contributed by atoms with Gasteiger partial charge in [-0.05, 0) is 37.3 Å².